The van der Waals surface area contributed by atoms with Crippen molar-refractivity contribution in [2.75, 3.05) is 52.5 Å². The smallest absolute Gasteiger partial charge is 0.188 e. The largest absolute Gasteiger partial charge is 0.379 e. The van der Waals surface area contributed by atoms with Crippen LogP contribution in [0.1, 0.15) is 38.5 Å². The van der Waals surface area contributed by atoms with Crippen molar-refractivity contribution >= 4 is 5.96 Å². The van der Waals surface area contributed by atoms with Crippen LogP contribution in [0, 0.1) is 0 Å². The Hall–Kier alpha value is -0.850. The van der Waals surface area contributed by atoms with Crippen molar-refractivity contribution in [3.05, 3.63) is 0 Å². The summed E-state index contributed by atoms with van der Waals surface area (Å²) in [5, 5.41) is 3.18. The topological polar surface area (TPSA) is 72.1 Å². The molecule has 0 aromatic heterocycles. The van der Waals surface area contributed by atoms with E-state index in [9.17, 15) is 0 Å². The van der Waals surface area contributed by atoms with Crippen molar-refractivity contribution in [2.24, 2.45) is 10.7 Å². The standard InChI is InChI=1S/C16H32N4O2/c17-16(18-7-3-9-20-10-13-21-14-11-20)19-8-4-12-22-15-5-1-2-6-15/h15H,1-14H2,(H3,17,18,19). The summed E-state index contributed by atoms with van der Waals surface area (Å²) in [6.45, 7) is 7.34. The van der Waals surface area contributed by atoms with E-state index >= 15 is 0 Å². The van der Waals surface area contributed by atoms with Gasteiger partial charge < -0.3 is 20.5 Å². The molecule has 1 saturated carbocycles. The maximum atomic E-state index is 5.86. The van der Waals surface area contributed by atoms with Gasteiger partial charge >= 0.3 is 0 Å². The molecule has 1 heterocycles. The third-order valence-electron chi connectivity index (χ3n) is 4.30. The third-order valence-corrected chi connectivity index (χ3v) is 4.30. The predicted molar refractivity (Wildman–Crippen MR) is 89.2 cm³/mol. The number of morpholine rings is 1. The van der Waals surface area contributed by atoms with E-state index in [1.807, 2.05) is 0 Å². The molecule has 0 aromatic rings. The Morgan fingerprint density at radius 2 is 2.00 bits per heavy atom. The van der Waals surface area contributed by atoms with Crippen LogP contribution in [0.25, 0.3) is 0 Å². The second-order valence-corrected chi connectivity index (χ2v) is 6.13. The van der Waals surface area contributed by atoms with Crippen LogP contribution in [-0.4, -0.2) is 69.5 Å². The first-order chi connectivity index (χ1) is 10.8. The summed E-state index contributed by atoms with van der Waals surface area (Å²) in [6.07, 6.45) is 7.65. The molecular formula is C16H32N4O2. The van der Waals surface area contributed by atoms with E-state index in [0.717, 1.165) is 65.4 Å². The highest BCUT2D eigenvalue weighted by atomic mass is 16.5. The van der Waals surface area contributed by atoms with Crippen LogP contribution < -0.4 is 11.1 Å². The number of hydrogen-bond donors (Lipinski definition) is 2. The SMILES string of the molecule is NC(=NCCCOC1CCCC1)NCCCN1CCOCC1. The molecule has 0 radical (unpaired) electrons. The summed E-state index contributed by atoms with van der Waals surface area (Å²) >= 11 is 0. The first kappa shape index (κ1) is 17.5. The van der Waals surface area contributed by atoms with Crippen molar-refractivity contribution in [3.8, 4) is 0 Å². The Morgan fingerprint density at radius 1 is 1.23 bits per heavy atom. The van der Waals surface area contributed by atoms with Crippen LogP contribution in [0.2, 0.25) is 0 Å². The number of hydrogen-bond acceptors (Lipinski definition) is 4. The van der Waals surface area contributed by atoms with E-state index < -0.39 is 0 Å². The second kappa shape index (κ2) is 10.8. The molecule has 3 N–H and O–H groups in total. The molecule has 0 bridgehead atoms. The van der Waals surface area contributed by atoms with Gasteiger partial charge in [0, 0.05) is 32.8 Å². The molecule has 1 aliphatic carbocycles. The molecular weight excluding hydrogens is 280 g/mol. The minimum Gasteiger partial charge on any atom is -0.379 e. The lowest BCUT2D eigenvalue weighted by molar-refractivity contribution is 0.0376. The van der Waals surface area contributed by atoms with Crippen molar-refractivity contribution in [3.63, 3.8) is 0 Å². The van der Waals surface area contributed by atoms with E-state index in [0.29, 0.717) is 12.1 Å². The Kier molecular flexibility index (Phi) is 8.60. The van der Waals surface area contributed by atoms with Crippen LogP contribution >= 0.6 is 0 Å². The van der Waals surface area contributed by atoms with Gasteiger partial charge in [0.05, 0.1) is 19.3 Å². The monoisotopic (exact) mass is 312 g/mol. The van der Waals surface area contributed by atoms with Gasteiger partial charge in [-0.05, 0) is 32.2 Å². The van der Waals surface area contributed by atoms with Crippen LogP contribution in [0.5, 0.6) is 0 Å². The lowest BCUT2D eigenvalue weighted by Gasteiger charge is -2.26. The lowest BCUT2D eigenvalue weighted by Crippen LogP contribution is -2.39. The average molecular weight is 312 g/mol. The van der Waals surface area contributed by atoms with Crippen molar-refractivity contribution in [1.82, 2.24) is 10.2 Å². The van der Waals surface area contributed by atoms with Gasteiger partial charge in [0.25, 0.3) is 0 Å². The fourth-order valence-electron chi connectivity index (χ4n) is 2.97. The van der Waals surface area contributed by atoms with E-state index in [4.69, 9.17) is 15.2 Å². The van der Waals surface area contributed by atoms with Gasteiger partial charge in [-0.15, -0.1) is 0 Å². The van der Waals surface area contributed by atoms with E-state index in [2.05, 4.69) is 15.2 Å². The quantitative estimate of drug-likeness (QED) is 0.377. The Labute approximate surface area is 134 Å². The molecule has 1 saturated heterocycles. The first-order valence-electron chi connectivity index (χ1n) is 8.80. The van der Waals surface area contributed by atoms with Gasteiger partial charge in [-0.2, -0.15) is 0 Å². The fraction of sp³-hybridized carbons (Fsp3) is 0.938. The minimum atomic E-state index is 0.500. The molecule has 6 nitrogen and oxygen atoms in total. The molecule has 0 spiro atoms. The summed E-state index contributed by atoms with van der Waals surface area (Å²) in [7, 11) is 0. The van der Waals surface area contributed by atoms with Crippen molar-refractivity contribution in [1.29, 1.82) is 0 Å². The number of rotatable bonds is 9. The molecule has 0 aromatic carbocycles. The van der Waals surface area contributed by atoms with E-state index in [1.165, 1.54) is 25.7 Å². The molecule has 22 heavy (non-hydrogen) atoms. The fourth-order valence-corrected chi connectivity index (χ4v) is 2.97. The Bertz CT molecular complexity index is 313. The molecule has 1 aliphatic heterocycles. The maximum Gasteiger partial charge on any atom is 0.188 e. The van der Waals surface area contributed by atoms with E-state index in [-0.39, 0.29) is 0 Å². The van der Waals surface area contributed by atoms with Gasteiger partial charge in [0.15, 0.2) is 5.96 Å². The third kappa shape index (κ3) is 7.42. The predicted octanol–water partition coefficient (Wildman–Crippen LogP) is 0.962. The molecule has 128 valence electrons. The summed E-state index contributed by atoms with van der Waals surface area (Å²) in [4.78, 5) is 6.77. The first-order valence-corrected chi connectivity index (χ1v) is 8.80. The van der Waals surface area contributed by atoms with Crippen LogP contribution in [0.3, 0.4) is 0 Å². The van der Waals surface area contributed by atoms with E-state index in [1.54, 1.807) is 0 Å². The maximum absolute atomic E-state index is 5.86. The molecule has 0 amide bonds. The average Bonchev–Trinajstić information content (AvgIpc) is 3.06. The summed E-state index contributed by atoms with van der Waals surface area (Å²) in [5.74, 6) is 0.558. The zero-order valence-corrected chi connectivity index (χ0v) is 13.8. The zero-order chi connectivity index (χ0) is 15.5. The summed E-state index contributed by atoms with van der Waals surface area (Å²) in [5.41, 5.74) is 5.86. The minimum absolute atomic E-state index is 0.500. The number of guanidine groups is 1. The molecule has 0 atom stereocenters. The van der Waals surface area contributed by atoms with Gasteiger partial charge in [-0.25, -0.2) is 0 Å². The highest BCUT2D eigenvalue weighted by molar-refractivity contribution is 5.77. The zero-order valence-electron chi connectivity index (χ0n) is 13.8. The van der Waals surface area contributed by atoms with Crippen LogP contribution in [0.4, 0.5) is 0 Å². The molecule has 2 rings (SSSR count). The normalized spacial score (nSPS) is 21.4. The lowest BCUT2D eigenvalue weighted by atomic mass is 10.3. The molecule has 6 heteroatoms. The summed E-state index contributed by atoms with van der Waals surface area (Å²) in [6, 6.07) is 0. The van der Waals surface area contributed by atoms with Gasteiger partial charge in [-0.1, -0.05) is 12.8 Å². The highest BCUT2D eigenvalue weighted by Crippen LogP contribution is 2.20. The van der Waals surface area contributed by atoms with Gasteiger partial charge in [0.2, 0.25) is 0 Å². The number of nitrogens with two attached hydrogens (primary N) is 1. The molecule has 2 fully saturated rings. The van der Waals surface area contributed by atoms with Crippen molar-refractivity contribution in [2.45, 2.75) is 44.6 Å². The van der Waals surface area contributed by atoms with Gasteiger partial charge in [0.1, 0.15) is 0 Å². The number of nitrogens with one attached hydrogen (secondary N) is 1. The summed E-state index contributed by atoms with van der Waals surface area (Å²) < 4.78 is 11.1. The van der Waals surface area contributed by atoms with Crippen LogP contribution in [-0.2, 0) is 9.47 Å². The van der Waals surface area contributed by atoms with Gasteiger partial charge in [-0.3, -0.25) is 9.89 Å². The Morgan fingerprint density at radius 3 is 2.77 bits per heavy atom. The second-order valence-electron chi connectivity index (χ2n) is 6.13. The molecule has 2 aliphatic rings. The highest BCUT2D eigenvalue weighted by Gasteiger charge is 2.14. The number of aliphatic imine (C=N–C) groups is 1. The number of ether oxygens (including phenoxy) is 2. The van der Waals surface area contributed by atoms with Crippen LogP contribution in [0.15, 0.2) is 4.99 Å². The Balaban J connectivity index is 1.41. The number of nitrogens with zero attached hydrogens (tertiary/aromatic N) is 2. The van der Waals surface area contributed by atoms with Crippen molar-refractivity contribution < 1.29 is 9.47 Å². The molecule has 0 unspecified atom stereocenters.